The highest BCUT2D eigenvalue weighted by molar-refractivity contribution is 9.10. The Hall–Kier alpha value is -0.340. The first-order chi connectivity index (χ1) is 6.74. The first kappa shape index (κ1) is 11.7. The van der Waals surface area contributed by atoms with Crippen LogP contribution in [-0.2, 0) is 0 Å². The van der Waals surface area contributed by atoms with Crippen LogP contribution in [0.3, 0.4) is 0 Å². The molecule has 0 aliphatic rings. The first-order valence-corrected chi connectivity index (χ1v) is 5.99. The monoisotopic (exact) mass is 255 g/mol. The number of hydrogen-bond acceptors (Lipinski definition) is 1. The number of benzene rings is 1. The molecule has 78 valence electrons. The molecule has 0 fully saturated rings. The van der Waals surface area contributed by atoms with Gasteiger partial charge in [-0.25, -0.2) is 0 Å². The molecule has 2 N–H and O–H groups in total. The van der Waals surface area contributed by atoms with Gasteiger partial charge in [-0.05, 0) is 43.0 Å². The third-order valence-corrected chi connectivity index (χ3v) is 3.06. The maximum absolute atomic E-state index is 5.47. The maximum Gasteiger partial charge on any atom is 0.0175 e. The molecular formula is C12H18BrN. The minimum Gasteiger partial charge on any atom is -0.330 e. The molecule has 1 aromatic rings. The van der Waals surface area contributed by atoms with E-state index in [0.29, 0.717) is 5.92 Å². The second-order valence-electron chi connectivity index (χ2n) is 3.74. The Morgan fingerprint density at radius 2 is 1.86 bits per heavy atom. The number of hydrogen-bond donors (Lipinski definition) is 1. The Balaban J connectivity index is 2.43. The molecule has 0 bridgehead atoms. The smallest absolute Gasteiger partial charge is 0.0175 e. The normalized spacial score (nSPS) is 12.8. The fourth-order valence-corrected chi connectivity index (χ4v) is 1.82. The summed E-state index contributed by atoms with van der Waals surface area (Å²) in [5, 5.41) is 0. The van der Waals surface area contributed by atoms with E-state index in [9.17, 15) is 0 Å². The molecule has 1 unspecified atom stereocenters. The molecule has 1 rings (SSSR count). The van der Waals surface area contributed by atoms with Crippen LogP contribution >= 0.6 is 15.9 Å². The Kier molecular flexibility index (Phi) is 5.20. The van der Waals surface area contributed by atoms with Crippen molar-refractivity contribution in [1.29, 1.82) is 0 Å². The fraction of sp³-hybridized carbons (Fsp3) is 0.500. The van der Waals surface area contributed by atoms with Crippen LogP contribution in [0.5, 0.6) is 0 Å². The van der Waals surface area contributed by atoms with E-state index in [0.717, 1.165) is 17.4 Å². The Bertz CT molecular complexity index is 256. The summed E-state index contributed by atoms with van der Waals surface area (Å²) in [5.74, 6) is 0.648. The zero-order valence-electron chi connectivity index (χ0n) is 8.67. The van der Waals surface area contributed by atoms with Crippen molar-refractivity contribution in [2.45, 2.75) is 32.1 Å². The van der Waals surface area contributed by atoms with Gasteiger partial charge in [0.25, 0.3) is 0 Å². The summed E-state index contributed by atoms with van der Waals surface area (Å²) in [6, 6.07) is 8.60. The van der Waals surface area contributed by atoms with Crippen molar-refractivity contribution in [2.24, 2.45) is 5.73 Å². The van der Waals surface area contributed by atoms with E-state index in [1.807, 2.05) is 0 Å². The van der Waals surface area contributed by atoms with Gasteiger partial charge in [0.15, 0.2) is 0 Å². The van der Waals surface area contributed by atoms with E-state index in [2.05, 4.69) is 47.1 Å². The molecule has 0 aromatic heterocycles. The van der Waals surface area contributed by atoms with Crippen LogP contribution in [0.1, 0.15) is 37.7 Å². The SMILES string of the molecule is CC(CCCCN)c1ccc(Br)cc1. The molecule has 0 aliphatic carbocycles. The molecule has 1 aromatic carbocycles. The number of halogens is 1. The number of rotatable bonds is 5. The largest absolute Gasteiger partial charge is 0.330 e. The predicted molar refractivity (Wildman–Crippen MR) is 65.5 cm³/mol. The van der Waals surface area contributed by atoms with Crippen molar-refractivity contribution in [2.75, 3.05) is 6.54 Å². The van der Waals surface area contributed by atoms with Gasteiger partial charge >= 0.3 is 0 Å². The third-order valence-electron chi connectivity index (χ3n) is 2.53. The molecule has 0 radical (unpaired) electrons. The number of nitrogens with two attached hydrogens (primary N) is 1. The summed E-state index contributed by atoms with van der Waals surface area (Å²) < 4.78 is 1.15. The van der Waals surface area contributed by atoms with E-state index in [1.54, 1.807) is 0 Å². The van der Waals surface area contributed by atoms with Gasteiger partial charge in [0, 0.05) is 4.47 Å². The van der Waals surface area contributed by atoms with Crippen molar-refractivity contribution < 1.29 is 0 Å². The molecule has 0 heterocycles. The van der Waals surface area contributed by atoms with Crippen LogP contribution in [0.2, 0.25) is 0 Å². The molecular weight excluding hydrogens is 238 g/mol. The standard InChI is InChI=1S/C12H18BrN/c1-10(4-2-3-9-14)11-5-7-12(13)8-6-11/h5-8,10H,2-4,9,14H2,1H3. The lowest BCUT2D eigenvalue weighted by Gasteiger charge is -2.11. The van der Waals surface area contributed by atoms with Crippen molar-refractivity contribution in [3.63, 3.8) is 0 Å². The topological polar surface area (TPSA) is 26.0 Å². The number of unbranched alkanes of at least 4 members (excludes halogenated alkanes) is 1. The molecule has 0 spiro atoms. The summed E-state index contributed by atoms with van der Waals surface area (Å²) in [4.78, 5) is 0. The Morgan fingerprint density at radius 1 is 1.21 bits per heavy atom. The van der Waals surface area contributed by atoms with Gasteiger partial charge in [-0.3, -0.25) is 0 Å². The molecule has 2 heteroatoms. The fourth-order valence-electron chi connectivity index (χ4n) is 1.55. The lowest BCUT2D eigenvalue weighted by atomic mass is 9.96. The second-order valence-corrected chi connectivity index (χ2v) is 4.65. The first-order valence-electron chi connectivity index (χ1n) is 5.19. The van der Waals surface area contributed by atoms with Gasteiger partial charge in [0.05, 0.1) is 0 Å². The lowest BCUT2D eigenvalue weighted by molar-refractivity contribution is 0.609. The van der Waals surface area contributed by atoms with Crippen LogP contribution in [0.15, 0.2) is 28.7 Å². The van der Waals surface area contributed by atoms with E-state index < -0.39 is 0 Å². The zero-order valence-corrected chi connectivity index (χ0v) is 10.3. The van der Waals surface area contributed by atoms with E-state index >= 15 is 0 Å². The third kappa shape index (κ3) is 3.81. The van der Waals surface area contributed by atoms with E-state index in [1.165, 1.54) is 18.4 Å². The lowest BCUT2D eigenvalue weighted by Crippen LogP contribution is -2.00. The van der Waals surface area contributed by atoms with E-state index in [4.69, 9.17) is 5.73 Å². The van der Waals surface area contributed by atoms with Gasteiger partial charge < -0.3 is 5.73 Å². The summed E-state index contributed by atoms with van der Waals surface area (Å²) >= 11 is 3.44. The van der Waals surface area contributed by atoms with Crippen LogP contribution in [0.25, 0.3) is 0 Å². The van der Waals surface area contributed by atoms with Crippen LogP contribution in [0.4, 0.5) is 0 Å². The highest BCUT2D eigenvalue weighted by atomic mass is 79.9. The van der Waals surface area contributed by atoms with Gasteiger partial charge in [-0.1, -0.05) is 41.4 Å². The Morgan fingerprint density at radius 3 is 2.43 bits per heavy atom. The van der Waals surface area contributed by atoms with Crippen molar-refractivity contribution >= 4 is 15.9 Å². The van der Waals surface area contributed by atoms with Crippen LogP contribution in [0, 0.1) is 0 Å². The van der Waals surface area contributed by atoms with Crippen molar-refractivity contribution in [3.05, 3.63) is 34.3 Å². The highest BCUT2D eigenvalue weighted by Crippen LogP contribution is 2.22. The molecule has 0 aliphatic heterocycles. The van der Waals surface area contributed by atoms with Gasteiger partial charge in [-0.2, -0.15) is 0 Å². The Labute approximate surface area is 94.8 Å². The predicted octanol–water partition coefficient (Wildman–Crippen LogP) is 3.68. The van der Waals surface area contributed by atoms with Gasteiger partial charge in [-0.15, -0.1) is 0 Å². The van der Waals surface area contributed by atoms with Crippen molar-refractivity contribution in [1.82, 2.24) is 0 Å². The molecule has 1 atom stereocenters. The second kappa shape index (κ2) is 6.20. The zero-order chi connectivity index (χ0) is 10.4. The summed E-state index contributed by atoms with van der Waals surface area (Å²) in [6.45, 7) is 3.09. The minimum absolute atomic E-state index is 0.648. The maximum atomic E-state index is 5.47. The molecule has 14 heavy (non-hydrogen) atoms. The molecule has 0 saturated heterocycles. The summed E-state index contributed by atoms with van der Waals surface area (Å²) in [5.41, 5.74) is 6.89. The van der Waals surface area contributed by atoms with Crippen molar-refractivity contribution in [3.8, 4) is 0 Å². The van der Waals surface area contributed by atoms with E-state index in [-0.39, 0.29) is 0 Å². The molecule has 0 amide bonds. The van der Waals surface area contributed by atoms with Gasteiger partial charge in [0.2, 0.25) is 0 Å². The molecule has 0 saturated carbocycles. The highest BCUT2D eigenvalue weighted by Gasteiger charge is 2.04. The quantitative estimate of drug-likeness (QED) is 0.799. The van der Waals surface area contributed by atoms with Crippen LogP contribution < -0.4 is 5.73 Å². The average Bonchev–Trinajstić information content (AvgIpc) is 2.19. The van der Waals surface area contributed by atoms with Gasteiger partial charge in [0.1, 0.15) is 0 Å². The summed E-state index contributed by atoms with van der Waals surface area (Å²) in [6.07, 6.45) is 3.60. The van der Waals surface area contributed by atoms with Crippen LogP contribution in [-0.4, -0.2) is 6.54 Å². The average molecular weight is 256 g/mol. The minimum atomic E-state index is 0.648. The summed E-state index contributed by atoms with van der Waals surface area (Å²) in [7, 11) is 0. The molecule has 1 nitrogen and oxygen atoms in total.